The molecule has 0 aliphatic carbocycles. The standard InChI is InChI=1S/C9H18N2O3/c1-5(6(2)14-7(3)12)8(10)9(13)11-4/h5-6,8H,10H2,1-4H3,(H,11,13). The monoisotopic (exact) mass is 202 g/mol. The molecule has 0 saturated heterocycles. The van der Waals surface area contributed by atoms with Crippen LogP contribution in [0.5, 0.6) is 0 Å². The molecule has 3 N–H and O–H groups in total. The number of amides is 1. The van der Waals surface area contributed by atoms with E-state index in [1.807, 2.05) is 0 Å². The lowest BCUT2D eigenvalue weighted by atomic mass is 9.97. The number of nitrogens with one attached hydrogen (secondary N) is 1. The van der Waals surface area contributed by atoms with Crippen molar-refractivity contribution >= 4 is 11.9 Å². The molecular formula is C9H18N2O3. The van der Waals surface area contributed by atoms with E-state index in [4.69, 9.17) is 10.5 Å². The van der Waals surface area contributed by atoms with Crippen LogP contribution in [0.2, 0.25) is 0 Å². The summed E-state index contributed by atoms with van der Waals surface area (Å²) in [4.78, 5) is 21.8. The van der Waals surface area contributed by atoms with Gasteiger partial charge in [-0.05, 0) is 6.92 Å². The number of hydrogen-bond donors (Lipinski definition) is 2. The van der Waals surface area contributed by atoms with Crippen molar-refractivity contribution in [2.24, 2.45) is 11.7 Å². The van der Waals surface area contributed by atoms with Gasteiger partial charge in [0.15, 0.2) is 0 Å². The highest BCUT2D eigenvalue weighted by Crippen LogP contribution is 2.10. The number of rotatable bonds is 4. The maximum atomic E-state index is 11.2. The second-order valence-corrected chi connectivity index (χ2v) is 3.31. The van der Waals surface area contributed by atoms with Crippen LogP contribution >= 0.6 is 0 Å². The summed E-state index contributed by atoms with van der Waals surface area (Å²) >= 11 is 0. The third-order valence-electron chi connectivity index (χ3n) is 2.21. The Morgan fingerprint density at radius 2 is 1.86 bits per heavy atom. The van der Waals surface area contributed by atoms with Crippen LogP contribution in [0, 0.1) is 5.92 Å². The summed E-state index contributed by atoms with van der Waals surface area (Å²) in [6.45, 7) is 4.82. The van der Waals surface area contributed by atoms with Crippen LogP contribution in [0.25, 0.3) is 0 Å². The molecule has 0 aliphatic heterocycles. The van der Waals surface area contributed by atoms with E-state index < -0.39 is 6.04 Å². The predicted molar refractivity (Wildman–Crippen MR) is 52.4 cm³/mol. The minimum atomic E-state index is -0.658. The summed E-state index contributed by atoms with van der Waals surface area (Å²) in [7, 11) is 1.52. The van der Waals surface area contributed by atoms with Gasteiger partial charge in [-0.2, -0.15) is 0 Å². The summed E-state index contributed by atoms with van der Waals surface area (Å²) < 4.78 is 4.93. The van der Waals surface area contributed by atoms with Crippen molar-refractivity contribution in [3.63, 3.8) is 0 Å². The van der Waals surface area contributed by atoms with Gasteiger partial charge in [0.2, 0.25) is 5.91 Å². The molecule has 0 saturated carbocycles. The quantitative estimate of drug-likeness (QED) is 0.610. The van der Waals surface area contributed by atoms with E-state index in [1.54, 1.807) is 13.8 Å². The highest BCUT2D eigenvalue weighted by Gasteiger charge is 2.26. The molecule has 5 heteroatoms. The molecule has 0 bridgehead atoms. The Kier molecular flexibility index (Phi) is 5.15. The molecule has 0 fully saturated rings. The number of carbonyl (C=O) groups excluding carboxylic acids is 2. The van der Waals surface area contributed by atoms with Crippen molar-refractivity contribution in [1.82, 2.24) is 5.32 Å². The zero-order chi connectivity index (χ0) is 11.3. The fourth-order valence-corrected chi connectivity index (χ4v) is 1.07. The van der Waals surface area contributed by atoms with E-state index in [9.17, 15) is 9.59 Å². The van der Waals surface area contributed by atoms with Crippen LogP contribution in [0.4, 0.5) is 0 Å². The van der Waals surface area contributed by atoms with Crippen molar-refractivity contribution in [3.8, 4) is 0 Å². The number of nitrogens with two attached hydrogens (primary N) is 1. The van der Waals surface area contributed by atoms with Crippen molar-refractivity contribution in [2.75, 3.05) is 7.05 Å². The minimum absolute atomic E-state index is 0.209. The second-order valence-electron chi connectivity index (χ2n) is 3.31. The number of carbonyl (C=O) groups is 2. The average Bonchev–Trinajstić information content (AvgIpc) is 2.13. The Hall–Kier alpha value is -1.10. The lowest BCUT2D eigenvalue weighted by molar-refractivity contribution is -0.149. The maximum Gasteiger partial charge on any atom is 0.302 e. The molecule has 0 aromatic carbocycles. The number of ether oxygens (including phenoxy) is 1. The minimum Gasteiger partial charge on any atom is -0.462 e. The molecule has 0 rings (SSSR count). The van der Waals surface area contributed by atoms with E-state index in [0.717, 1.165) is 0 Å². The molecule has 0 radical (unpaired) electrons. The first-order chi connectivity index (χ1) is 6.40. The molecular weight excluding hydrogens is 184 g/mol. The Labute approximate surface area is 84.0 Å². The lowest BCUT2D eigenvalue weighted by Crippen LogP contribution is -2.47. The Bertz CT molecular complexity index is 218. The van der Waals surface area contributed by atoms with E-state index in [1.165, 1.54) is 14.0 Å². The van der Waals surface area contributed by atoms with Gasteiger partial charge < -0.3 is 15.8 Å². The topological polar surface area (TPSA) is 81.4 Å². The molecule has 14 heavy (non-hydrogen) atoms. The van der Waals surface area contributed by atoms with Gasteiger partial charge in [0.25, 0.3) is 0 Å². The van der Waals surface area contributed by atoms with Gasteiger partial charge in [-0.3, -0.25) is 9.59 Å². The Morgan fingerprint density at radius 3 is 2.21 bits per heavy atom. The number of likely N-dealkylation sites (N-methyl/N-ethyl adjacent to an activating group) is 1. The smallest absolute Gasteiger partial charge is 0.302 e. The molecule has 0 heterocycles. The Balaban J connectivity index is 4.22. The maximum absolute atomic E-state index is 11.2. The van der Waals surface area contributed by atoms with Crippen LogP contribution in [-0.2, 0) is 14.3 Å². The second kappa shape index (κ2) is 5.59. The molecule has 0 aliphatic rings. The van der Waals surface area contributed by atoms with Gasteiger partial charge in [0, 0.05) is 19.9 Å². The van der Waals surface area contributed by atoms with Crippen LogP contribution in [0.3, 0.4) is 0 Å². The zero-order valence-electron chi connectivity index (χ0n) is 9.03. The van der Waals surface area contributed by atoms with E-state index in [2.05, 4.69) is 5.32 Å². The zero-order valence-corrected chi connectivity index (χ0v) is 9.03. The van der Waals surface area contributed by atoms with Crippen molar-refractivity contribution in [3.05, 3.63) is 0 Å². The van der Waals surface area contributed by atoms with E-state index in [0.29, 0.717) is 0 Å². The predicted octanol–water partition coefficient (Wildman–Crippen LogP) is -0.353. The fraction of sp³-hybridized carbons (Fsp3) is 0.778. The Morgan fingerprint density at radius 1 is 1.36 bits per heavy atom. The first-order valence-electron chi connectivity index (χ1n) is 4.54. The third kappa shape index (κ3) is 3.74. The largest absolute Gasteiger partial charge is 0.462 e. The van der Waals surface area contributed by atoms with E-state index >= 15 is 0 Å². The highest BCUT2D eigenvalue weighted by atomic mass is 16.5. The normalized spacial score (nSPS) is 16.6. The summed E-state index contributed by atoms with van der Waals surface area (Å²) in [5, 5.41) is 2.45. The first kappa shape index (κ1) is 12.9. The molecule has 0 aromatic heterocycles. The summed E-state index contributed by atoms with van der Waals surface area (Å²) in [6, 6.07) is -0.658. The van der Waals surface area contributed by atoms with Crippen LogP contribution in [-0.4, -0.2) is 31.1 Å². The number of esters is 1. The van der Waals surface area contributed by atoms with Gasteiger partial charge in [0.05, 0.1) is 6.04 Å². The van der Waals surface area contributed by atoms with Gasteiger partial charge in [-0.25, -0.2) is 0 Å². The number of hydrogen-bond acceptors (Lipinski definition) is 4. The molecule has 0 aromatic rings. The van der Waals surface area contributed by atoms with E-state index in [-0.39, 0.29) is 23.9 Å². The van der Waals surface area contributed by atoms with Crippen molar-refractivity contribution < 1.29 is 14.3 Å². The lowest BCUT2D eigenvalue weighted by Gasteiger charge is -2.24. The average molecular weight is 202 g/mol. The van der Waals surface area contributed by atoms with Gasteiger partial charge in [-0.1, -0.05) is 6.92 Å². The molecule has 82 valence electrons. The third-order valence-corrected chi connectivity index (χ3v) is 2.21. The van der Waals surface area contributed by atoms with Crippen LogP contribution in [0.1, 0.15) is 20.8 Å². The highest BCUT2D eigenvalue weighted by molar-refractivity contribution is 5.81. The van der Waals surface area contributed by atoms with Gasteiger partial charge >= 0.3 is 5.97 Å². The van der Waals surface area contributed by atoms with Crippen LogP contribution in [0.15, 0.2) is 0 Å². The van der Waals surface area contributed by atoms with Gasteiger partial charge in [-0.15, -0.1) is 0 Å². The molecule has 3 atom stereocenters. The molecule has 1 amide bonds. The molecule has 5 nitrogen and oxygen atoms in total. The summed E-state index contributed by atoms with van der Waals surface area (Å²) in [6.07, 6.45) is -0.361. The first-order valence-corrected chi connectivity index (χ1v) is 4.54. The van der Waals surface area contributed by atoms with Crippen LogP contribution < -0.4 is 11.1 Å². The summed E-state index contributed by atoms with van der Waals surface area (Å²) in [5.41, 5.74) is 5.64. The van der Waals surface area contributed by atoms with Crippen molar-refractivity contribution in [2.45, 2.75) is 32.9 Å². The SMILES string of the molecule is CNC(=O)C(N)C(C)C(C)OC(C)=O. The van der Waals surface area contributed by atoms with Crippen molar-refractivity contribution in [1.29, 1.82) is 0 Å². The molecule has 3 unspecified atom stereocenters. The summed E-state index contributed by atoms with van der Waals surface area (Å²) in [5.74, 6) is -0.830. The molecule has 0 spiro atoms. The van der Waals surface area contributed by atoms with Gasteiger partial charge in [0.1, 0.15) is 6.10 Å². The fourth-order valence-electron chi connectivity index (χ4n) is 1.07.